The van der Waals surface area contributed by atoms with Crippen LogP contribution in [0.5, 0.6) is 0 Å². The number of halogens is 1. The molecule has 172 valence electrons. The fourth-order valence-corrected chi connectivity index (χ4v) is 4.08. The zero-order valence-corrected chi connectivity index (χ0v) is 20.7. The number of benzene rings is 2. The van der Waals surface area contributed by atoms with E-state index >= 15 is 0 Å². The van der Waals surface area contributed by atoms with Gasteiger partial charge in [0.1, 0.15) is 5.76 Å². The van der Waals surface area contributed by atoms with E-state index in [0.717, 1.165) is 28.8 Å². The highest BCUT2D eigenvalue weighted by atomic mass is 79.9. The summed E-state index contributed by atoms with van der Waals surface area (Å²) in [4.78, 5) is 29.3. The van der Waals surface area contributed by atoms with E-state index in [9.17, 15) is 9.59 Å². The molecule has 1 fully saturated rings. The van der Waals surface area contributed by atoms with Crippen molar-refractivity contribution in [2.45, 2.75) is 20.8 Å². The van der Waals surface area contributed by atoms with Crippen LogP contribution in [0.3, 0.4) is 0 Å². The number of nitrogens with zero attached hydrogens (tertiary/aromatic N) is 2. The predicted octanol–water partition coefficient (Wildman–Crippen LogP) is 5.66. The summed E-state index contributed by atoms with van der Waals surface area (Å²) in [5, 5.41) is 2.89. The van der Waals surface area contributed by atoms with Crippen LogP contribution in [0.1, 0.15) is 31.3 Å². The van der Waals surface area contributed by atoms with Crippen LogP contribution >= 0.6 is 15.9 Å². The van der Waals surface area contributed by atoms with Crippen molar-refractivity contribution in [3.8, 4) is 11.3 Å². The number of piperazine rings is 1. The van der Waals surface area contributed by atoms with Gasteiger partial charge >= 0.3 is 0 Å². The summed E-state index contributed by atoms with van der Waals surface area (Å²) in [7, 11) is 0. The Hall–Kier alpha value is -3.06. The van der Waals surface area contributed by atoms with Crippen LogP contribution < -0.4 is 10.2 Å². The Kier molecular flexibility index (Phi) is 6.61. The number of furan rings is 1. The lowest BCUT2D eigenvalue weighted by Gasteiger charge is -2.38. The molecule has 2 amide bonds. The van der Waals surface area contributed by atoms with Crippen molar-refractivity contribution in [1.82, 2.24) is 4.90 Å². The Morgan fingerprint density at radius 3 is 2.12 bits per heavy atom. The predicted molar refractivity (Wildman–Crippen MR) is 134 cm³/mol. The van der Waals surface area contributed by atoms with Gasteiger partial charge in [-0.3, -0.25) is 9.59 Å². The zero-order chi connectivity index (χ0) is 23.6. The number of carbonyl (C=O) groups is 2. The highest BCUT2D eigenvalue weighted by Crippen LogP contribution is 2.26. The quantitative estimate of drug-likeness (QED) is 0.492. The SMILES string of the molecule is CC(C)(C)C(=O)N1CCN(c2ccc(NC(=O)c3ccc(-c4ccc(Br)cc4)o3)cc2)CC1. The molecule has 0 saturated carbocycles. The second kappa shape index (κ2) is 9.43. The third kappa shape index (κ3) is 5.47. The molecule has 0 radical (unpaired) electrons. The Morgan fingerprint density at radius 1 is 0.879 bits per heavy atom. The third-order valence-corrected chi connectivity index (χ3v) is 6.19. The maximum absolute atomic E-state index is 12.6. The van der Waals surface area contributed by atoms with Crippen LogP contribution in [0.15, 0.2) is 69.6 Å². The van der Waals surface area contributed by atoms with Gasteiger partial charge in [0.05, 0.1) is 0 Å². The average molecular weight is 510 g/mol. The lowest BCUT2D eigenvalue weighted by molar-refractivity contribution is -0.139. The summed E-state index contributed by atoms with van der Waals surface area (Å²) in [6, 6.07) is 19.0. The molecule has 0 atom stereocenters. The van der Waals surface area contributed by atoms with Crippen LogP contribution in [0.25, 0.3) is 11.3 Å². The van der Waals surface area contributed by atoms with E-state index in [1.54, 1.807) is 12.1 Å². The van der Waals surface area contributed by atoms with Crippen LogP contribution in [-0.4, -0.2) is 42.9 Å². The number of anilines is 2. The van der Waals surface area contributed by atoms with E-state index in [2.05, 4.69) is 26.1 Å². The van der Waals surface area contributed by atoms with Crippen molar-refractivity contribution < 1.29 is 14.0 Å². The molecule has 7 heteroatoms. The molecule has 1 aromatic heterocycles. The highest BCUT2D eigenvalue weighted by molar-refractivity contribution is 9.10. The average Bonchev–Trinajstić information content (AvgIpc) is 3.30. The van der Waals surface area contributed by atoms with Gasteiger partial charge < -0.3 is 19.5 Å². The van der Waals surface area contributed by atoms with Crippen molar-refractivity contribution in [3.63, 3.8) is 0 Å². The van der Waals surface area contributed by atoms with E-state index < -0.39 is 0 Å². The number of nitrogens with one attached hydrogen (secondary N) is 1. The Morgan fingerprint density at radius 2 is 1.52 bits per heavy atom. The molecule has 0 aliphatic carbocycles. The van der Waals surface area contributed by atoms with Gasteiger partial charge in [0.25, 0.3) is 5.91 Å². The van der Waals surface area contributed by atoms with Gasteiger partial charge in [-0.05, 0) is 48.5 Å². The summed E-state index contributed by atoms with van der Waals surface area (Å²) >= 11 is 3.42. The molecule has 33 heavy (non-hydrogen) atoms. The number of hydrogen-bond acceptors (Lipinski definition) is 4. The van der Waals surface area contributed by atoms with Crippen LogP contribution in [0, 0.1) is 5.41 Å². The topological polar surface area (TPSA) is 65.8 Å². The molecule has 1 N–H and O–H groups in total. The van der Waals surface area contributed by atoms with E-state index in [1.807, 2.05) is 74.2 Å². The summed E-state index contributed by atoms with van der Waals surface area (Å²) in [6.07, 6.45) is 0. The normalized spacial score (nSPS) is 14.3. The summed E-state index contributed by atoms with van der Waals surface area (Å²) < 4.78 is 6.73. The lowest BCUT2D eigenvalue weighted by atomic mass is 9.94. The number of carbonyl (C=O) groups excluding carboxylic acids is 2. The maximum atomic E-state index is 12.6. The molecule has 0 unspecified atom stereocenters. The summed E-state index contributed by atoms with van der Waals surface area (Å²) in [5.41, 5.74) is 2.33. The van der Waals surface area contributed by atoms with Gasteiger partial charge in [0.15, 0.2) is 5.76 Å². The minimum absolute atomic E-state index is 0.196. The molecule has 1 aliphatic heterocycles. The Balaban J connectivity index is 1.34. The number of amides is 2. The molecular formula is C26H28BrN3O3. The molecule has 1 aliphatic rings. The standard InChI is InChI=1S/C26H28BrN3O3/c1-26(2,3)25(32)30-16-14-29(15-17-30)21-10-8-20(9-11-21)28-24(31)23-13-12-22(33-23)18-4-6-19(27)7-5-18/h4-13H,14-17H2,1-3H3,(H,28,31). The molecule has 0 spiro atoms. The van der Waals surface area contributed by atoms with Gasteiger partial charge in [-0.2, -0.15) is 0 Å². The van der Waals surface area contributed by atoms with E-state index in [0.29, 0.717) is 24.5 Å². The lowest BCUT2D eigenvalue weighted by Crippen LogP contribution is -2.51. The van der Waals surface area contributed by atoms with Crippen molar-refractivity contribution in [2.75, 3.05) is 36.4 Å². The van der Waals surface area contributed by atoms with Crippen molar-refractivity contribution in [2.24, 2.45) is 5.41 Å². The minimum atomic E-state index is -0.352. The van der Waals surface area contributed by atoms with Crippen molar-refractivity contribution in [3.05, 3.63) is 70.9 Å². The first-order valence-electron chi connectivity index (χ1n) is 11.0. The van der Waals surface area contributed by atoms with Crippen molar-refractivity contribution >= 4 is 39.1 Å². The smallest absolute Gasteiger partial charge is 0.291 e. The first-order valence-corrected chi connectivity index (χ1v) is 11.8. The molecule has 3 aromatic rings. The zero-order valence-electron chi connectivity index (χ0n) is 19.1. The van der Waals surface area contributed by atoms with Gasteiger partial charge in [-0.25, -0.2) is 0 Å². The number of rotatable bonds is 4. The van der Waals surface area contributed by atoms with E-state index in [-0.39, 0.29) is 23.0 Å². The highest BCUT2D eigenvalue weighted by Gasteiger charge is 2.29. The van der Waals surface area contributed by atoms with E-state index in [1.165, 1.54) is 0 Å². The van der Waals surface area contributed by atoms with Gasteiger partial charge in [-0.1, -0.05) is 48.8 Å². The molecule has 2 heterocycles. The number of hydrogen-bond donors (Lipinski definition) is 1. The summed E-state index contributed by atoms with van der Waals surface area (Å²) in [5.74, 6) is 0.811. The first kappa shape index (κ1) is 23.1. The monoisotopic (exact) mass is 509 g/mol. The Labute approximate surface area is 202 Å². The van der Waals surface area contributed by atoms with Gasteiger partial charge in [-0.15, -0.1) is 0 Å². The summed E-state index contributed by atoms with van der Waals surface area (Å²) in [6.45, 7) is 8.89. The van der Waals surface area contributed by atoms with Gasteiger partial charge in [0, 0.05) is 53.0 Å². The van der Waals surface area contributed by atoms with Crippen molar-refractivity contribution in [1.29, 1.82) is 0 Å². The first-order chi connectivity index (χ1) is 15.7. The molecule has 0 bridgehead atoms. The fraction of sp³-hybridized carbons (Fsp3) is 0.308. The molecular weight excluding hydrogens is 482 g/mol. The Bertz CT molecular complexity index is 1120. The second-order valence-corrected chi connectivity index (χ2v) is 10.1. The van der Waals surface area contributed by atoms with E-state index in [4.69, 9.17) is 4.42 Å². The maximum Gasteiger partial charge on any atom is 0.291 e. The largest absolute Gasteiger partial charge is 0.451 e. The molecule has 4 rings (SSSR count). The third-order valence-electron chi connectivity index (χ3n) is 5.66. The van der Waals surface area contributed by atoms with Crippen LogP contribution in [-0.2, 0) is 4.79 Å². The fourth-order valence-electron chi connectivity index (χ4n) is 3.82. The van der Waals surface area contributed by atoms with Gasteiger partial charge in [0.2, 0.25) is 5.91 Å². The minimum Gasteiger partial charge on any atom is -0.451 e. The van der Waals surface area contributed by atoms with Crippen LogP contribution in [0.4, 0.5) is 11.4 Å². The van der Waals surface area contributed by atoms with Crippen LogP contribution in [0.2, 0.25) is 0 Å². The molecule has 1 saturated heterocycles. The second-order valence-electron chi connectivity index (χ2n) is 9.20. The molecule has 6 nitrogen and oxygen atoms in total. The molecule has 2 aromatic carbocycles.